The van der Waals surface area contributed by atoms with Gasteiger partial charge in [0, 0.05) is 12.1 Å². The molecule has 0 aromatic heterocycles. The third kappa shape index (κ3) is 4.43. The molecule has 0 aromatic carbocycles. The van der Waals surface area contributed by atoms with Gasteiger partial charge in [0.15, 0.2) is 0 Å². The molecule has 1 amide bonds. The first-order chi connectivity index (χ1) is 10.2. The second-order valence-corrected chi connectivity index (χ2v) is 6.95. The molecule has 1 aliphatic heterocycles. The molecule has 0 spiro atoms. The summed E-state index contributed by atoms with van der Waals surface area (Å²) in [5.74, 6) is 0.0406. The van der Waals surface area contributed by atoms with Crippen LogP contribution in [0.4, 0.5) is 0 Å². The average molecular weight is 295 g/mol. The molecule has 4 nitrogen and oxygen atoms in total. The van der Waals surface area contributed by atoms with Crippen LogP contribution in [-0.2, 0) is 4.79 Å². The zero-order chi connectivity index (χ0) is 15.1. The lowest BCUT2D eigenvalue weighted by molar-refractivity contribution is -0.123. The molecule has 1 atom stereocenters. The van der Waals surface area contributed by atoms with Crippen molar-refractivity contribution in [3.05, 3.63) is 0 Å². The van der Waals surface area contributed by atoms with Crippen LogP contribution < -0.4 is 11.1 Å². The molecular formula is C17H33N3O. The van der Waals surface area contributed by atoms with Gasteiger partial charge >= 0.3 is 0 Å². The van der Waals surface area contributed by atoms with E-state index in [1.807, 2.05) is 0 Å². The van der Waals surface area contributed by atoms with Crippen LogP contribution in [0, 0.1) is 0 Å². The third-order valence-electron chi connectivity index (χ3n) is 5.34. The maximum Gasteiger partial charge on any atom is 0.236 e. The van der Waals surface area contributed by atoms with Gasteiger partial charge in [-0.1, -0.05) is 39.0 Å². The number of amides is 1. The van der Waals surface area contributed by atoms with Gasteiger partial charge in [0.05, 0.1) is 6.04 Å². The van der Waals surface area contributed by atoms with Crippen molar-refractivity contribution in [3.8, 4) is 0 Å². The first-order valence-corrected chi connectivity index (χ1v) is 8.96. The summed E-state index contributed by atoms with van der Waals surface area (Å²) in [6, 6.07) is -0.336. The Balaban J connectivity index is 1.94. The Hall–Kier alpha value is -0.610. The van der Waals surface area contributed by atoms with Crippen molar-refractivity contribution >= 4 is 5.91 Å². The van der Waals surface area contributed by atoms with E-state index >= 15 is 0 Å². The Morgan fingerprint density at radius 1 is 1.14 bits per heavy atom. The number of likely N-dealkylation sites (tertiary alicyclic amines) is 1. The lowest BCUT2D eigenvalue weighted by Gasteiger charge is -2.48. The fourth-order valence-corrected chi connectivity index (χ4v) is 4.01. The number of carbonyl (C=O) groups is 1. The molecule has 1 unspecified atom stereocenters. The van der Waals surface area contributed by atoms with Gasteiger partial charge in [-0.05, 0) is 45.2 Å². The van der Waals surface area contributed by atoms with Gasteiger partial charge in [-0.15, -0.1) is 0 Å². The molecule has 1 aliphatic carbocycles. The van der Waals surface area contributed by atoms with Crippen LogP contribution >= 0.6 is 0 Å². The van der Waals surface area contributed by atoms with E-state index in [0.29, 0.717) is 0 Å². The predicted octanol–water partition coefficient (Wildman–Crippen LogP) is 2.42. The van der Waals surface area contributed by atoms with Gasteiger partial charge in [-0.2, -0.15) is 0 Å². The second-order valence-electron chi connectivity index (χ2n) is 6.95. The topological polar surface area (TPSA) is 58.4 Å². The minimum absolute atomic E-state index is 0.0406. The predicted molar refractivity (Wildman–Crippen MR) is 87.1 cm³/mol. The molecule has 3 N–H and O–H groups in total. The fourth-order valence-electron chi connectivity index (χ4n) is 4.01. The number of hydrogen-bond acceptors (Lipinski definition) is 3. The van der Waals surface area contributed by atoms with Gasteiger partial charge < -0.3 is 11.1 Å². The van der Waals surface area contributed by atoms with E-state index < -0.39 is 0 Å². The standard InChI is InChI=1S/C17H33N3O/c1-2-9-15(18)16(21)19-14-17(10-5-3-6-11-17)20-12-7-4-8-13-20/h15H,2-14,18H2,1H3,(H,19,21). The smallest absolute Gasteiger partial charge is 0.236 e. The second kappa shape index (κ2) is 8.14. The summed E-state index contributed by atoms with van der Waals surface area (Å²) < 4.78 is 0. The molecule has 1 saturated heterocycles. The molecule has 1 saturated carbocycles. The molecule has 122 valence electrons. The van der Waals surface area contributed by atoms with E-state index in [9.17, 15) is 4.79 Å². The highest BCUT2D eigenvalue weighted by atomic mass is 16.2. The zero-order valence-corrected chi connectivity index (χ0v) is 13.7. The summed E-state index contributed by atoms with van der Waals surface area (Å²) in [4.78, 5) is 14.8. The lowest BCUT2D eigenvalue weighted by atomic mass is 9.79. The van der Waals surface area contributed by atoms with Crippen LogP contribution in [-0.4, -0.2) is 42.0 Å². The molecule has 2 fully saturated rings. The molecule has 0 bridgehead atoms. The van der Waals surface area contributed by atoms with Crippen molar-refractivity contribution in [1.82, 2.24) is 10.2 Å². The van der Waals surface area contributed by atoms with Crippen molar-refractivity contribution in [2.75, 3.05) is 19.6 Å². The summed E-state index contributed by atoms with van der Waals surface area (Å²) in [5, 5.41) is 3.17. The zero-order valence-electron chi connectivity index (χ0n) is 13.7. The van der Waals surface area contributed by atoms with Gasteiger partial charge in [-0.25, -0.2) is 0 Å². The number of carbonyl (C=O) groups excluding carboxylic acids is 1. The van der Waals surface area contributed by atoms with E-state index in [0.717, 1.165) is 19.4 Å². The number of rotatable bonds is 6. The Bertz CT molecular complexity index is 320. The van der Waals surface area contributed by atoms with Crippen LogP contribution in [0.5, 0.6) is 0 Å². The first kappa shape index (κ1) is 16.8. The van der Waals surface area contributed by atoms with Crippen molar-refractivity contribution in [1.29, 1.82) is 0 Å². The highest BCUT2D eigenvalue weighted by Crippen LogP contribution is 2.35. The van der Waals surface area contributed by atoms with Gasteiger partial charge in [0.2, 0.25) is 5.91 Å². The highest BCUT2D eigenvalue weighted by Gasteiger charge is 2.38. The van der Waals surface area contributed by atoms with Gasteiger partial charge in [-0.3, -0.25) is 9.69 Å². The quantitative estimate of drug-likeness (QED) is 0.791. The number of hydrogen-bond donors (Lipinski definition) is 2. The molecule has 1 heterocycles. The lowest BCUT2D eigenvalue weighted by Crippen LogP contribution is -2.59. The number of nitrogens with one attached hydrogen (secondary N) is 1. The molecule has 0 radical (unpaired) electrons. The van der Waals surface area contributed by atoms with E-state index in [1.54, 1.807) is 0 Å². The molecular weight excluding hydrogens is 262 g/mol. The average Bonchev–Trinajstić information content (AvgIpc) is 2.54. The van der Waals surface area contributed by atoms with E-state index in [2.05, 4.69) is 17.1 Å². The Kier molecular flexibility index (Phi) is 6.49. The van der Waals surface area contributed by atoms with Crippen molar-refractivity contribution in [2.24, 2.45) is 5.73 Å². The van der Waals surface area contributed by atoms with E-state index in [-0.39, 0.29) is 17.5 Å². The SMILES string of the molecule is CCCC(N)C(=O)NCC1(N2CCCCC2)CCCCC1. The summed E-state index contributed by atoms with van der Waals surface area (Å²) in [5.41, 5.74) is 6.15. The molecule has 2 rings (SSSR count). The summed E-state index contributed by atoms with van der Waals surface area (Å²) in [6.45, 7) is 5.28. The van der Waals surface area contributed by atoms with E-state index in [1.165, 1.54) is 64.5 Å². The normalized spacial score (nSPS) is 24.5. The number of nitrogens with two attached hydrogens (primary N) is 1. The highest BCUT2D eigenvalue weighted by molar-refractivity contribution is 5.81. The molecule has 21 heavy (non-hydrogen) atoms. The maximum atomic E-state index is 12.1. The summed E-state index contributed by atoms with van der Waals surface area (Å²) in [7, 11) is 0. The fraction of sp³-hybridized carbons (Fsp3) is 0.941. The van der Waals surface area contributed by atoms with Gasteiger partial charge in [0.25, 0.3) is 0 Å². The molecule has 4 heteroatoms. The number of nitrogens with zero attached hydrogens (tertiary/aromatic N) is 1. The maximum absolute atomic E-state index is 12.1. The third-order valence-corrected chi connectivity index (χ3v) is 5.34. The van der Waals surface area contributed by atoms with Crippen LogP contribution in [0.1, 0.15) is 71.1 Å². The number of piperidine rings is 1. The Labute approximate surface area is 129 Å². The van der Waals surface area contributed by atoms with Crippen LogP contribution in [0.25, 0.3) is 0 Å². The minimum atomic E-state index is -0.336. The first-order valence-electron chi connectivity index (χ1n) is 8.96. The van der Waals surface area contributed by atoms with Crippen LogP contribution in [0.2, 0.25) is 0 Å². The van der Waals surface area contributed by atoms with Crippen molar-refractivity contribution in [3.63, 3.8) is 0 Å². The molecule has 2 aliphatic rings. The van der Waals surface area contributed by atoms with Gasteiger partial charge in [0.1, 0.15) is 0 Å². The summed E-state index contributed by atoms with van der Waals surface area (Å²) in [6.07, 6.45) is 12.1. The Morgan fingerprint density at radius 2 is 1.76 bits per heavy atom. The molecule has 0 aromatic rings. The van der Waals surface area contributed by atoms with E-state index in [4.69, 9.17) is 5.73 Å². The minimum Gasteiger partial charge on any atom is -0.353 e. The van der Waals surface area contributed by atoms with Crippen molar-refractivity contribution < 1.29 is 4.79 Å². The monoisotopic (exact) mass is 295 g/mol. The largest absolute Gasteiger partial charge is 0.353 e. The van der Waals surface area contributed by atoms with Crippen LogP contribution in [0.3, 0.4) is 0 Å². The Morgan fingerprint density at radius 3 is 2.38 bits per heavy atom. The summed E-state index contributed by atoms with van der Waals surface area (Å²) >= 11 is 0. The van der Waals surface area contributed by atoms with Crippen molar-refractivity contribution in [2.45, 2.75) is 82.7 Å². The van der Waals surface area contributed by atoms with Crippen LogP contribution in [0.15, 0.2) is 0 Å².